The Kier molecular flexibility index (Phi) is 5.67. The van der Waals surface area contributed by atoms with Crippen LogP contribution in [0.15, 0.2) is 24.5 Å². The van der Waals surface area contributed by atoms with Gasteiger partial charge in [-0.15, -0.1) is 5.10 Å². The molecule has 0 radical (unpaired) electrons. The quantitative estimate of drug-likeness (QED) is 0.448. The van der Waals surface area contributed by atoms with Gasteiger partial charge in [0.15, 0.2) is 30.5 Å². The normalized spacial score (nSPS) is 23.3. The summed E-state index contributed by atoms with van der Waals surface area (Å²) in [5.74, 6) is 0.659. The lowest BCUT2D eigenvalue weighted by Crippen LogP contribution is -2.39. The highest BCUT2D eigenvalue weighted by atomic mass is 19.3. The molecule has 0 unspecified atom stereocenters. The monoisotopic (exact) mass is 481 g/mol. The summed E-state index contributed by atoms with van der Waals surface area (Å²) >= 11 is 0. The van der Waals surface area contributed by atoms with Crippen molar-refractivity contribution in [3.8, 4) is 5.88 Å². The Labute approximate surface area is 191 Å². The molecule has 1 amide bonds. The summed E-state index contributed by atoms with van der Waals surface area (Å²) in [4.78, 5) is 16.2. The lowest BCUT2D eigenvalue weighted by atomic mass is 10.1. The van der Waals surface area contributed by atoms with Gasteiger partial charge in [-0.05, 0) is 19.8 Å². The summed E-state index contributed by atoms with van der Waals surface area (Å²) < 4.78 is 56.8. The van der Waals surface area contributed by atoms with E-state index in [2.05, 4.69) is 30.9 Å². The van der Waals surface area contributed by atoms with E-state index in [1.807, 2.05) is 6.92 Å². The Morgan fingerprint density at radius 2 is 2.24 bits per heavy atom. The molecule has 3 N–H and O–H groups in total. The summed E-state index contributed by atoms with van der Waals surface area (Å²) in [6, 6.07) is 3.00. The van der Waals surface area contributed by atoms with Gasteiger partial charge in [0.25, 0.3) is 6.43 Å². The maximum absolute atomic E-state index is 14.9. The molecule has 2 fully saturated rings. The maximum Gasteiger partial charge on any atom is 0.408 e. The first-order valence-electron chi connectivity index (χ1n) is 10.6. The molecule has 0 aromatic carbocycles. The van der Waals surface area contributed by atoms with Crippen LogP contribution in [0, 0.1) is 0 Å². The molecular weight excluding hydrogens is 459 g/mol. The number of halogens is 3. The number of anilines is 2. The van der Waals surface area contributed by atoms with Crippen molar-refractivity contribution in [1.82, 2.24) is 30.1 Å². The summed E-state index contributed by atoms with van der Waals surface area (Å²) in [6.45, 7) is 1.03. The summed E-state index contributed by atoms with van der Waals surface area (Å²) in [5.41, 5.74) is 0.534. The van der Waals surface area contributed by atoms with E-state index in [9.17, 15) is 18.0 Å². The van der Waals surface area contributed by atoms with Crippen molar-refractivity contribution in [3.63, 3.8) is 0 Å². The number of nitrogens with one attached hydrogen (secondary N) is 3. The standard InChI is InChI=1S/C20H22F3N7O4/c1-20(2-3-20)26-19(31)34-12-8-33-17(16(12)23)10-6-14(28-27-10)25-18-11-7-15(32-9-13(21)22)29-30(11)5-4-24-18/h4-7,12-13,16-17H,2-3,8-9H2,1H3,(H,26,31)(H2,24,25,27,28)/t12-,16+,17-/m1/s1. The van der Waals surface area contributed by atoms with Gasteiger partial charge in [0.05, 0.1) is 12.3 Å². The van der Waals surface area contributed by atoms with Crippen LogP contribution in [-0.2, 0) is 9.47 Å². The van der Waals surface area contributed by atoms with Crippen molar-refractivity contribution in [1.29, 1.82) is 0 Å². The minimum atomic E-state index is -2.62. The number of aromatic nitrogens is 5. The third kappa shape index (κ3) is 4.71. The molecule has 11 nitrogen and oxygen atoms in total. The Morgan fingerprint density at radius 1 is 1.41 bits per heavy atom. The molecule has 3 aromatic heterocycles. The maximum atomic E-state index is 14.9. The molecule has 4 heterocycles. The second kappa shape index (κ2) is 8.66. The number of H-pyrrole nitrogens is 1. The molecule has 3 atom stereocenters. The van der Waals surface area contributed by atoms with Gasteiger partial charge >= 0.3 is 6.09 Å². The molecule has 14 heteroatoms. The van der Waals surface area contributed by atoms with Crippen molar-refractivity contribution < 1.29 is 32.2 Å². The number of ether oxygens (including phenoxy) is 3. The number of aromatic amines is 1. The van der Waals surface area contributed by atoms with E-state index in [0.29, 0.717) is 22.8 Å². The van der Waals surface area contributed by atoms with E-state index < -0.39 is 37.5 Å². The highest BCUT2D eigenvalue weighted by molar-refractivity contribution is 5.73. The lowest BCUT2D eigenvalue weighted by molar-refractivity contribution is 0.0604. The number of amides is 1. The summed E-state index contributed by atoms with van der Waals surface area (Å²) in [6.07, 6.45) is -2.20. The molecule has 5 rings (SSSR count). The van der Waals surface area contributed by atoms with E-state index >= 15 is 0 Å². The second-order valence-corrected chi connectivity index (χ2v) is 8.45. The van der Waals surface area contributed by atoms with Crippen molar-refractivity contribution in [2.75, 3.05) is 18.5 Å². The van der Waals surface area contributed by atoms with Crippen LogP contribution in [0.1, 0.15) is 31.6 Å². The number of carbonyl (C=O) groups excluding carboxylic acids is 1. The molecule has 0 bridgehead atoms. The molecule has 0 spiro atoms. The second-order valence-electron chi connectivity index (χ2n) is 8.45. The SMILES string of the molecule is CC1(NC(=O)O[C@@H]2CO[C@H](c3cc(Nc4nccn5nc(OCC(F)F)cc45)n[nH]3)[C@H]2F)CC1. The van der Waals surface area contributed by atoms with Crippen LogP contribution in [0.5, 0.6) is 5.88 Å². The van der Waals surface area contributed by atoms with Gasteiger partial charge in [-0.1, -0.05) is 0 Å². The van der Waals surface area contributed by atoms with Crippen molar-refractivity contribution in [2.45, 2.75) is 50.1 Å². The molecule has 34 heavy (non-hydrogen) atoms. The number of hydrogen-bond acceptors (Lipinski definition) is 8. The first kappa shape index (κ1) is 22.3. The van der Waals surface area contributed by atoms with Crippen LogP contribution < -0.4 is 15.4 Å². The molecule has 1 aliphatic heterocycles. The average Bonchev–Trinajstić information content (AvgIpc) is 3.15. The predicted octanol–water partition coefficient (Wildman–Crippen LogP) is 2.90. The number of hydrogen-bond donors (Lipinski definition) is 3. The fourth-order valence-corrected chi connectivity index (χ4v) is 3.55. The van der Waals surface area contributed by atoms with Gasteiger partial charge in [0, 0.05) is 30.1 Å². The van der Waals surface area contributed by atoms with Gasteiger partial charge in [-0.25, -0.2) is 27.5 Å². The number of alkyl halides is 3. The molecule has 3 aromatic rings. The first-order chi connectivity index (χ1) is 16.3. The largest absolute Gasteiger partial charge is 0.471 e. The van der Waals surface area contributed by atoms with Crippen LogP contribution in [0.2, 0.25) is 0 Å². The summed E-state index contributed by atoms with van der Waals surface area (Å²) in [7, 11) is 0. The molecule has 1 aliphatic carbocycles. The Bertz CT molecular complexity index is 1180. The van der Waals surface area contributed by atoms with Crippen LogP contribution in [0.3, 0.4) is 0 Å². The molecule has 2 aliphatic rings. The molecule has 182 valence electrons. The molecular formula is C20H22F3N7O4. The van der Waals surface area contributed by atoms with E-state index in [1.54, 1.807) is 6.07 Å². The predicted molar refractivity (Wildman–Crippen MR) is 111 cm³/mol. The zero-order valence-electron chi connectivity index (χ0n) is 18.0. The third-order valence-corrected chi connectivity index (χ3v) is 5.62. The fourth-order valence-electron chi connectivity index (χ4n) is 3.55. The lowest BCUT2D eigenvalue weighted by Gasteiger charge is -2.17. The zero-order chi connectivity index (χ0) is 23.9. The van der Waals surface area contributed by atoms with E-state index in [0.717, 1.165) is 12.8 Å². The molecule has 1 saturated carbocycles. The Hall–Kier alpha value is -3.55. The summed E-state index contributed by atoms with van der Waals surface area (Å²) in [5, 5.41) is 16.6. The Balaban J connectivity index is 1.24. The fraction of sp³-hybridized carbons (Fsp3) is 0.500. The van der Waals surface area contributed by atoms with Crippen molar-refractivity contribution in [2.24, 2.45) is 0 Å². The van der Waals surface area contributed by atoms with Gasteiger partial charge in [-0.3, -0.25) is 5.10 Å². The highest BCUT2D eigenvalue weighted by Crippen LogP contribution is 2.36. The zero-order valence-corrected chi connectivity index (χ0v) is 18.0. The van der Waals surface area contributed by atoms with Crippen LogP contribution >= 0.6 is 0 Å². The smallest absolute Gasteiger partial charge is 0.408 e. The number of fused-ring (bicyclic) bond motifs is 1. The van der Waals surface area contributed by atoms with Crippen LogP contribution in [-0.4, -0.2) is 68.3 Å². The van der Waals surface area contributed by atoms with E-state index in [4.69, 9.17) is 14.2 Å². The number of rotatable bonds is 8. The van der Waals surface area contributed by atoms with E-state index in [-0.39, 0.29) is 18.0 Å². The first-order valence-corrected chi connectivity index (χ1v) is 10.6. The van der Waals surface area contributed by atoms with Gasteiger partial charge < -0.3 is 24.8 Å². The Morgan fingerprint density at radius 3 is 3.00 bits per heavy atom. The van der Waals surface area contributed by atoms with Gasteiger partial charge in [0.1, 0.15) is 11.6 Å². The third-order valence-electron chi connectivity index (χ3n) is 5.62. The highest BCUT2D eigenvalue weighted by Gasteiger charge is 2.44. The average molecular weight is 481 g/mol. The minimum Gasteiger partial charge on any atom is -0.471 e. The number of alkyl carbamates (subject to hydrolysis) is 1. The van der Waals surface area contributed by atoms with Crippen molar-refractivity contribution in [3.05, 3.63) is 30.2 Å². The van der Waals surface area contributed by atoms with Crippen LogP contribution in [0.25, 0.3) is 5.52 Å². The number of carbonyl (C=O) groups is 1. The topological polar surface area (TPSA) is 128 Å². The number of nitrogens with zero attached hydrogens (tertiary/aromatic N) is 4. The minimum absolute atomic E-state index is 0.0180. The van der Waals surface area contributed by atoms with Crippen molar-refractivity contribution >= 4 is 23.2 Å². The van der Waals surface area contributed by atoms with Crippen LogP contribution in [0.4, 0.5) is 29.6 Å². The van der Waals surface area contributed by atoms with Gasteiger partial charge in [-0.2, -0.15) is 5.10 Å². The van der Waals surface area contributed by atoms with Gasteiger partial charge in [0.2, 0.25) is 5.88 Å². The van der Waals surface area contributed by atoms with E-state index in [1.165, 1.54) is 23.0 Å². The molecule has 1 saturated heterocycles.